The minimum atomic E-state index is -1.55. The van der Waals surface area contributed by atoms with Gasteiger partial charge in [-0.2, -0.15) is 0 Å². The van der Waals surface area contributed by atoms with E-state index in [0.717, 1.165) is 33.4 Å². The van der Waals surface area contributed by atoms with Gasteiger partial charge in [0.1, 0.15) is 5.60 Å². The van der Waals surface area contributed by atoms with Crippen molar-refractivity contribution >= 4 is 6.21 Å². The second-order valence-electron chi connectivity index (χ2n) is 17.0. The average Bonchev–Trinajstić information content (AvgIpc) is 2.88. The molecule has 0 radical (unpaired) electrons. The molecule has 44 heavy (non-hydrogen) atoms. The van der Waals surface area contributed by atoms with Crippen molar-refractivity contribution in [2.45, 2.75) is 130 Å². The third kappa shape index (κ3) is 7.62. The third-order valence-corrected chi connectivity index (χ3v) is 8.66. The number of hydrogen-bond donors (Lipinski definition) is 2. The molecule has 0 saturated carbocycles. The number of benzene rings is 3. The largest absolute Gasteiger partial charge is 0.504 e. The molecular weight excluding hydrogens is 545 g/mol. The van der Waals surface area contributed by atoms with Gasteiger partial charge in [0.2, 0.25) is 0 Å². The lowest BCUT2D eigenvalue weighted by molar-refractivity contribution is 0.0361. The summed E-state index contributed by atoms with van der Waals surface area (Å²) in [6.45, 7) is 30.4. The topological polar surface area (TPSA) is 52.8 Å². The van der Waals surface area contributed by atoms with Crippen LogP contribution in [0.1, 0.15) is 136 Å². The van der Waals surface area contributed by atoms with E-state index >= 15 is 0 Å². The summed E-state index contributed by atoms with van der Waals surface area (Å²) in [7, 11) is 0. The molecule has 4 heteroatoms. The van der Waals surface area contributed by atoms with Gasteiger partial charge < -0.3 is 10.2 Å². The predicted octanol–water partition coefficient (Wildman–Crippen LogP) is 10.1. The molecule has 0 unspecified atom stereocenters. The van der Waals surface area contributed by atoms with Gasteiger partial charge in [-0.05, 0) is 73.1 Å². The van der Waals surface area contributed by atoms with Gasteiger partial charge in [0.05, 0.1) is 6.04 Å². The molecule has 0 aliphatic rings. The Morgan fingerprint density at radius 1 is 0.614 bits per heavy atom. The van der Waals surface area contributed by atoms with Gasteiger partial charge in [-0.15, -0.1) is 0 Å². The Bertz CT molecular complexity index is 1360. The Morgan fingerprint density at radius 3 is 1.27 bits per heavy atom. The van der Waals surface area contributed by atoms with E-state index < -0.39 is 23.2 Å². The molecule has 0 heterocycles. The standard InChI is InChI=1S/C40H56FNO2/c1-25(2)35(42-24-26-16-15-17-33(41)34(26)43)40(44,31-20-27(36(3,4)5)18-28(21-31)37(6,7)8)32-22-29(38(9,10)11)19-30(23-32)39(12,13)14/h15-25,35,43-44H,1-14H3/t35-/m0/s1. The van der Waals surface area contributed by atoms with Crippen LogP contribution in [0, 0.1) is 11.7 Å². The van der Waals surface area contributed by atoms with Crippen LogP contribution in [0.3, 0.4) is 0 Å². The van der Waals surface area contributed by atoms with Crippen LogP contribution in [-0.2, 0) is 27.3 Å². The monoisotopic (exact) mass is 601 g/mol. The van der Waals surface area contributed by atoms with Gasteiger partial charge in [0, 0.05) is 11.8 Å². The molecule has 240 valence electrons. The van der Waals surface area contributed by atoms with Crippen LogP contribution in [0.4, 0.5) is 4.39 Å². The number of halogens is 1. The van der Waals surface area contributed by atoms with E-state index in [-0.39, 0.29) is 33.1 Å². The van der Waals surface area contributed by atoms with E-state index in [4.69, 9.17) is 4.99 Å². The number of hydrogen-bond acceptors (Lipinski definition) is 3. The summed E-state index contributed by atoms with van der Waals surface area (Å²) < 4.78 is 14.3. The van der Waals surface area contributed by atoms with Crippen LogP contribution >= 0.6 is 0 Å². The van der Waals surface area contributed by atoms with Crippen molar-refractivity contribution in [3.05, 3.63) is 99.4 Å². The summed E-state index contributed by atoms with van der Waals surface area (Å²) in [5, 5.41) is 24.0. The molecule has 3 rings (SSSR count). The molecular formula is C40H56FNO2. The van der Waals surface area contributed by atoms with Crippen LogP contribution in [-0.4, -0.2) is 22.5 Å². The number of aromatic hydroxyl groups is 1. The predicted molar refractivity (Wildman–Crippen MR) is 185 cm³/mol. The van der Waals surface area contributed by atoms with Crippen LogP contribution < -0.4 is 0 Å². The van der Waals surface area contributed by atoms with Crippen molar-refractivity contribution < 1.29 is 14.6 Å². The van der Waals surface area contributed by atoms with E-state index in [0.29, 0.717) is 0 Å². The summed E-state index contributed by atoms with van der Waals surface area (Å²) in [5.41, 5.74) is 4.18. The number of aliphatic imine (C=N–C) groups is 1. The van der Waals surface area contributed by atoms with Crippen molar-refractivity contribution in [1.82, 2.24) is 0 Å². The van der Waals surface area contributed by atoms with Crippen molar-refractivity contribution in [3.63, 3.8) is 0 Å². The lowest BCUT2D eigenvalue weighted by Gasteiger charge is -2.40. The van der Waals surface area contributed by atoms with E-state index in [1.54, 1.807) is 12.1 Å². The lowest BCUT2D eigenvalue weighted by atomic mass is 9.70. The molecule has 0 bridgehead atoms. The number of aliphatic hydroxyl groups is 1. The molecule has 0 fully saturated rings. The minimum absolute atomic E-state index is 0.111. The fourth-order valence-corrected chi connectivity index (χ4v) is 5.49. The fourth-order valence-electron chi connectivity index (χ4n) is 5.49. The molecule has 3 nitrogen and oxygen atoms in total. The van der Waals surface area contributed by atoms with Crippen LogP contribution in [0.15, 0.2) is 59.6 Å². The smallest absolute Gasteiger partial charge is 0.165 e. The number of rotatable bonds is 6. The summed E-state index contributed by atoms with van der Waals surface area (Å²) in [6, 6.07) is 16.8. The van der Waals surface area contributed by atoms with Crippen molar-refractivity contribution in [1.29, 1.82) is 0 Å². The van der Waals surface area contributed by atoms with E-state index in [1.807, 2.05) is 0 Å². The quantitative estimate of drug-likeness (QED) is 0.276. The third-order valence-electron chi connectivity index (χ3n) is 8.66. The zero-order valence-electron chi connectivity index (χ0n) is 29.6. The number of phenols is 1. The van der Waals surface area contributed by atoms with Gasteiger partial charge in [-0.25, -0.2) is 4.39 Å². The van der Waals surface area contributed by atoms with Gasteiger partial charge in [-0.3, -0.25) is 4.99 Å². The van der Waals surface area contributed by atoms with E-state index in [9.17, 15) is 14.6 Å². The second kappa shape index (κ2) is 12.1. The molecule has 1 atom stereocenters. The molecule has 2 N–H and O–H groups in total. The highest BCUT2D eigenvalue weighted by molar-refractivity contribution is 5.83. The number of nitrogens with zero attached hydrogens (tertiary/aromatic N) is 1. The first kappa shape index (κ1) is 35.5. The SMILES string of the molecule is CC(C)[C@H](N=Cc1cccc(F)c1O)C(O)(c1cc(C(C)(C)C)cc(C(C)(C)C)c1)c1cc(C(C)(C)C)cc(C(C)(C)C)c1. The Hall–Kier alpha value is -2.98. The van der Waals surface area contributed by atoms with Crippen LogP contribution in [0.5, 0.6) is 5.75 Å². The van der Waals surface area contributed by atoms with Gasteiger partial charge in [-0.1, -0.05) is 139 Å². The Kier molecular flexibility index (Phi) is 9.75. The first-order valence-corrected chi connectivity index (χ1v) is 15.9. The maximum Gasteiger partial charge on any atom is 0.165 e. The molecule has 3 aromatic carbocycles. The summed E-state index contributed by atoms with van der Waals surface area (Å²) in [4.78, 5) is 4.99. The normalized spacial score (nSPS) is 14.5. The maximum atomic E-state index is 14.3. The Labute approximate surface area is 266 Å². The van der Waals surface area contributed by atoms with Crippen molar-refractivity contribution in [3.8, 4) is 5.75 Å². The highest BCUT2D eigenvalue weighted by atomic mass is 19.1. The van der Waals surface area contributed by atoms with Gasteiger partial charge >= 0.3 is 0 Å². The average molecular weight is 602 g/mol. The molecule has 3 aromatic rings. The summed E-state index contributed by atoms with van der Waals surface area (Å²) >= 11 is 0. The number of phenolic OH excluding ortho intramolecular Hbond substituents is 1. The highest BCUT2D eigenvalue weighted by Gasteiger charge is 2.44. The van der Waals surface area contributed by atoms with Crippen LogP contribution in [0.2, 0.25) is 0 Å². The van der Waals surface area contributed by atoms with Crippen LogP contribution in [0.25, 0.3) is 0 Å². The zero-order valence-corrected chi connectivity index (χ0v) is 29.6. The first-order valence-electron chi connectivity index (χ1n) is 15.9. The molecule has 0 aliphatic heterocycles. The zero-order chi connectivity index (χ0) is 33.6. The highest BCUT2D eigenvalue weighted by Crippen LogP contribution is 2.44. The van der Waals surface area contributed by atoms with Gasteiger partial charge in [0.15, 0.2) is 11.6 Å². The summed E-state index contributed by atoms with van der Waals surface area (Å²) in [5.74, 6) is -1.26. The second-order valence-corrected chi connectivity index (χ2v) is 17.0. The van der Waals surface area contributed by atoms with E-state index in [2.05, 4.69) is 133 Å². The maximum absolute atomic E-state index is 14.3. The molecule has 0 aliphatic carbocycles. The van der Waals surface area contributed by atoms with Crippen molar-refractivity contribution in [2.24, 2.45) is 10.9 Å². The van der Waals surface area contributed by atoms with E-state index in [1.165, 1.54) is 12.3 Å². The molecule has 0 aromatic heterocycles. The first-order chi connectivity index (χ1) is 19.9. The Balaban J connectivity index is 2.53. The van der Waals surface area contributed by atoms with Gasteiger partial charge in [0.25, 0.3) is 0 Å². The fraction of sp³-hybridized carbons (Fsp3) is 0.525. The minimum Gasteiger partial charge on any atom is -0.504 e. The molecule has 0 amide bonds. The van der Waals surface area contributed by atoms with Crippen molar-refractivity contribution in [2.75, 3.05) is 0 Å². The number of para-hydroxylation sites is 1. The summed E-state index contributed by atoms with van der Waals surface area (Å²) in [6.07, 6.45) is 1.50. The lowest BCUT2D eigenvalue weighted by Crippen LogP contribution is -2.44. The molecule has 0 saturated heterocycles. The molecule has 0 spiro atoms. The Morgan fingerprint density at radius 2 is 0.955 bits per heavy atom.